The normalized spacial score (nSPS) is 11.8. The van der Waals surface area contributed by atoms with Crippen molar-refractivity contribution in [3.63, 3.8) is 0 Å². The Morgan fingerprint density at radius 1 is 0.545 bits per heavy atom. The van der Waals surface area contributed by atoms with Crippen LogP contribution in [-0.4, -0.2) is 9.38 Å². The minimum absolute atomic E-state index is 0.0268. The molecule has 2 aromatic heterocycles. The van der Waals surface area contributed by atoms with Crippen molar-refractivity contribution in [1.82, 2.24) is 9.38 Å². The van der Waals surface area contributed by atoms with Crippen molar-refractivity contribution in [2.45, 2.75) is 0 Å². The lowest BCUT2D eigenvalue weighted by molar-refractivity contribution is 1.19. The van der Waals surface area contributed by atoms with Crippen LogP contribution >= 0.6 is 0 Å². The van der Waals surface area contributed by atoms with E-state index in [1.54, 1.807) is 4.40 Å². The van der Waals surface area contributed by atoms with Gasteiger partial charge >= 0.3 is 0 Å². The Morgan fingerprint density at radius 3 is 1.97 bits per heavy atom. The molecular formula is C30H18N2O. The number of pyridine rings is 1. The fraction of sp³-hybridized carbons (Fsp3) is 0. The first-order valence-corrected chi connectivity index (χ1v) is 11.0. The predicted molar refractivity (Wildman–Crippen MR) is 136 cm³/mol. The largest absolute Gasteiger partial charge is 0.268 e. The molecule has 7 rings (SSSR count). The predicted octanol–water partition coefficient (Wildman–Crippen LogP) is 6.93. The Balaban J connectivity index is 1.66. The summed E-state index contributed by atoms with van der Waals surface area (Å²) in [6, 6.07) is 36.9. The maximum atomic E-state index is 13.8. The van der Waals surface area contributed by atoms with Gasteiger partial charge in [-0.05, 0) is 40.3 Å². The maximum absolute atomic E-state index is 13.8. The Kier molecular flexibility index (Phi) is 3.70. The first-order valence-electron chi connectivity index (χ1n) is 11.0. The topological polar surface area (TPSA) is 34.4 Å². The number of rotatable bonds is 2. The molecule has 0 atom stereocenters. The van der Waals surface area contributed by atoms with Crippen LogP contribution < -0.4 is 5.56 Å². The van der Waals surface area contributed by atoms with Gasteiger partial charge in [-0.25, -0.2) is 4.98 Å². The number of fused-ring (bicyclic) bond motifs is 4. The SMILES string of the molecule is O=c1c2cccc3c(-c4ccccc4)ccc(c32)c2nc3c(-c4ccccc4)cccc3n12. The highest BCUT2D eigenvalue weighted by Gasteiger charge is 2.19. The second-order valence-electron chi connectivity index (χ2n) is 8.37. The number of nitrogens with zero attached hydrogens (tertiary/aromatic N) is 2. The van der Waals surface area contributed by atoms with Gasteiger partial charge in [0.05, 0.1) is 11.0 Å². The zero-order valence-electron chi connectivity index (χ0n) is 17.7. The van der Waals surface area contributed by atoms with Crippen LogP contribution in [0.5, 0.6) is 0 Å². The molecule has 0 bridgehead atoms. The molecule has 3 heteroatoms. The van der Waals surface area contributed by atoms with Crippen molar-refractivity contribution in [2.75, 3.05) is 0 Å². The molecule has 3 nitrogen and oxygen atoms in total. The highest BCUT2D eigenvalue weighted by Crippen LogP contribution is 2.37. The van der Waals surface area contributed by atoms with Gasteiger partial charge in [-0.3, -0.25) is 9.20 Å². The average molecular weight is 422 g/mol. The molecule has 0 aliphatic carbocycles. The lowest BCUT2D eigenvalue weighted by atomic mass is 9.94. The van der Waals surface area contributed by atoms with E-state index in [2.05, 4.69) is 48.5 Å². The third kappa shape index (κ3) is 2.50. The van der Waals surface area contributed by atoms with Gasteiger partial charge in [0.2, 0.25) is 0 Å². The van der Waals surface area contributed by atoms with Crippen molar-refractivity contribution in [2.24, 2.45) is 0 Å². The van der Waals surface area contributed by atoms with Gasteiger partial charge in [0.15, 0.2) is 0 Å². The summed E-state index contributed by atoms with van der Waals surface area (Å²) in [5.41, 5.74) is 6.75. The van der Waals surface area contributed by atoms with Crippen LogP contribution in [0.25, 0.3) is 60.5 Å². The van der Waals surface area contributed by atoms with E-state index >= 15 is 0 Å². The Labute approximate surface area is 189 Å². The van der Waals surface area contributed by atoms with E-state index in [0.29, 0.717) is 5.65 Å². The average Bonchev–Trinajstić information content (AvgIpc) is 3.28. The number of para-hydroxylation sites is 1. The molecule has 0 spiro atoms. The molecule has 5 aromatic carbocycles. The Bertz CT molecular complexity index is 1870. The summed E-state index contributed by atoms with van der Waals surface area (Å²) in [6.45, 7) is 0. The molecule has 2 heterocycles. The van der Waals surface area contributed by atoms with Crippen LogP contribution in [0, 0.1) is 0 Å². The molecule has 0 amide bonds. The summed E-state index contributed by atoms with van der Waals surface area (Å²) in [5.74, 6) is 0. The summed E-state index contributed by atoms with van der Waals surface area (Å²) in [5, 5.41) is 3.77. The molecule has 0 unspecified atom stereocenters. The maximum Gasteiger partial charge on any atom is 0.264 e. The van der Waals surface area contributed by atoms with E-state index in [4.69, 9.17) is 4.98 Å². The summed E-state index contributed by atoms with van der Waals surface area (Å²) in [4.78, 5) is 18.8. The lowest BCUT2D eigenvalue weighted by Gasteiger charge is -2.11. The van der Waals surface area contributed by atoms with Crippen LogP contribution in [-0.2, 0) is 0 Å². The van der Waals surface area contributed by atoms with Gasteiger partial charge in [-0.15, -0.1) is 0 Å². The van der Waals surface area contributed by atoms with Crippen molar-refractivity contribution >= 4 is 38.2 Å². The van der Waals surface area contributed by atoms with Gasteiger partial charge < -0.3 is 0 Å². The minimum atomic E-state index is -0.0268. The van der Waals surface area contributed by atoms with Crippen molar-refractivity contribution < 1.29 is 0 Å². The van der Waals surface area contributed by atoms with Crippen LogP contribution in [0.4, 0.5) is 0 Å². The molecule has 0 N–H and O–H groups in total. The number of hydrogen-bond acceptors (Lipinski definition) is 2. The van der Waals surface area contributed by atoms with E-state index in [-0.39, 0.29) is 5.56 Å². The summed E-state index contributed by atoms with van der Waals surface area (Å²) in [7, 11) is 0. The first kappa shape index (κ1) is 18.1. The molecule has 0 fully saturated rings. The highest BCUT2D eigenvalue weighted by molar-refractivity contribution is 6.19. The second-order valence-corrected chi connectivity index (χ2v) is 8.37. The lowest BCUT2D eigenvalue weighted by Crippen LogP contribution is -2.13. The van der Waals surface area contributed by atoms with Crippen molar-refractivity contribution in [1.29, 1.82) is 0 Å². The molecule has 0 radical (unpaired) electrons. The zero-order valence-corrected chi connectivity index (χ0v) is 17.7. The van der Waals surface area contributed by atoms with Crippen molar-refractivity contribution in [3.8, 4) is 22.3 Å². The molecular weight excluding hydrogens is 404 g/mol. The quantitative estimate of drug-likeness (QED) is 0.303. The summed E-state index contributed by atoms with van der Waals surface area (Å²) < 4.78 is 1.78. The van der Waals surface area contributed by atoms with E-state index in [1.807, 2.05) is 60.7 Å². The number of aromatic nitrogens is 2. The second kappa shape index (κ2) is 6.75. The van der Waals surface area contributed by atoms with Crippen LogP contribution in [0.2, 0.25) is 0 Å². The first-order chi connectivity index (χ1) is 16.3. The van der Waals surface area contributed by atoms with Crippen molar-refractivity contribution in [3.05, 3.63) is 120 Å². The van der Waals surface area contributed by atoms with Gasteiger partial charge in [0.1, 0.15) is 5.65 Å². The number of hydrogen-bond donors (Lipinski definition) is 0. The molecule has 0 aliphatic heterocycles. The fourth-order valence-corrected chi connectivity index (χ4v) is 5.10. The van der Waals surface area contributed by atoms with Gasteiger partial charge in [-0.2, -0.15) is 0 Å². The van der Waals surface area contributed by atoms with Gasteiger partial charge in [0.25, 0.3) is 5.56 Å². The Hall–Kier alpha value is -4.50. The van der Waals surface area contributed by atoms with Crippen LogP contribution in [0.3, 0.4) is 0 Å². The molecule has 7 aromatic rings. The van der Waals surface area contributed by atoms with Gasteiger partial charge in [-0.1, -0.05) is 91.0 Å². The van der Waals surface area contributed by atoms with E-state index in [9.17, 15) is 4.79 Å². The van der Waals surface area contributed by atoms with E-state index < -0.39 is 0 Å². The van der Waals surface area contributed by atoms with E-state index in [1.165, 1.54) is 0 Å². The molecule has 0 saturated heterocycles. The third-order valence-electron chi connectivity index (χ3n) is 6.57. The summed E-state index contributed by atoms with van der Waals surface area (Å²) >= 11 is 0. The standard InChI is InChI=1S/C30H18N2O/c33-30-25-15-7-14-23-21(19-9-3-1-4-10-19)17-18-24(27(23)25)29-31-28-22(20-11-5-2-6-12-20)13-8-16-26(28)32(29)30/h1-18H. The highest BCUT2D eigenvalue weighted by atomic mass is 16.1. The molecule has 33 heavy (non-hydrogen) atoms. The van der Waals surface area contributed by atoms with E-state index in [0.717, 1.165) is 54.8 Å². The zero-order chi connectivity index (χ0) is 21.9. The fourth-order valence-electron chi connectivity index (χ4n) is 5.10. The number of imidazole rings is 1. The Morgan fingerprint density at radius 2 is 1.21 bits per heavy atom. The minimum Gasteiger partial charge on any atom is -0.268 e. The molecule has 0 saturated carbocycles. The molecule has 154 valence electrons. The monoisotopic (exact) mass is 422 g/mol. The third-order valence-corrected chi connectivity index (χ3v) is 6.57. The van der Waals surface area contributed by atoms with Crippen LogP contribution in [0.15, 0.2) is 114 Å². The number of benzene rings is 5. The smallest absolute Gasteiger partial charge is 0.264 e. The van der Waals surface area contributed by atoms with Crippen LogP contribution in [0.1, 0.15) is 0 Å². The van der Waals surface area contributed by atoms with Gasteiger partial charge in [0, 0.05) is 21.7 Å². The molecule has 0 aliphatic rings. The summed E-state index contributed by atoms with van der Waals surface area (Å²) in [6.07, 6.45) is 0.